The molecule has 3 aliphatic rings. The SMILES string of the molecule is CC1(C)CCCC(NC2CC(N(CC(=O)O)CC3CC3)C2)C1. The Kier molecular flexibility index (Phi) is 4.79. The average molecular weight is 308 g/mol. The molecule has 3 rings (SSSR count). The van der Waals surface area contributed by atoms with Crippen molar-refractivity contribution in [2.45, 2.75) is 83.3 Å². The molecule has 3 aliphatic carbocycles. The van der Waals surface area contributed by atoms with Crippen LogP contribution in [0.3, 0.4) is 0 Å². The zero-order valence-corrected chi connectivity index (χ0v) is 14.2. The number of carboxylic acid groups (broad SMARTS) is 1. The van der Waals surface area contributed by atoms with E-state index in [2.05, 4.69) is 24.1 Å². The lowest BCUT2D eigenvalue weighted by Crippen LogP contribution is -2.56. The second-order valence-electron chi connectivity index (χ2n) is 8.71. The van der Waals surface area contributed by atoms with Gasteiger partial charge in [-0.15, -0.1) is 0 Å². The summed E-state index contributed by atoms with van der Waals surface area (Å²) >= 11 is 0. The maximum Gasteiger partial charge on any atom is 0.317 e. The van der Waals surface area contributed by atoms with Gasteiger partial charge in [0.15, 0.2) is 0 Å². The zero-order valence-electron chi connectivity index (χ0n) is 14.2. The first-order valence-electron chi connectivity index (χ1n) is 9.13. The first-order valence-corrected chi connectivity index (χ1v) is 9.13. The van der Waals surface area contributed by atoms with E-state index in [0.717, 1.165) is 25.3 Å². The summed E-state index contributed by atoms with van der Waals surface area (Å²) in [5.74, 6) is 0.0941. The zero-order chi connectivity index (χ0) is 15.7. The van der Waals surface area contributed by atoms with Gasteiger partial charge in [0.25, 0.3) is 0 Å². The number of carboxylic acids is 1. The summed E-state index contributed by atoms with van der Waals surface area (Å²) in [5.41, 5.74) is 0.486. The number of hydrogen-bond donors (Lipinski definition) is 2. The predicted octanol–water partition coefficient (Wildman–Crippen LogP) is 2.87. The van der Waals surface area contributed by atoms with Crippen LogP contribution in [0.5, 0.6) is 0 Å². The molecular formula is C18H32N2O2. The van der Waals surface area contributed by atoms with Gasteiger partial charge >= 0.3 is 5.97 Å². The normalized spacial score (nSPS) is 34.4. The lowest BCUT2D eigenvalue weighted by molar-refractivity contribution is -0.139. The van der Waals surface area contributed by atoms with Crippen molar-refractivity contribution in [3.8, 4) is 0 Å². The smallest absolute Gasteiger partial charge is 0.317 e. The molecule has 0 aromatic heterocycles. The molecule has 126 valence electrons. The quantitative estimate of drug-likeness (QED) is 0.759. The van der Waals surface area contributed by atoms with Crippen LogP contribution in [0.1, 0.15) is 65.2 Å². The van der Waals surface area contributed by atoms with Crippen LogP contribution in [-0.4, -0.2) is 47.2 Å². The van der Waals surface area contributed by atoms with Gasteiger partial charge in [-0.25, -0.2) is 0 Å². The number of nitrogens with one attached hydrogen (secondary N) is 1. The van der Waals surface area contributed by atoms with Crippen molar-refractivity contribution in [3.63, 3.8) is 0 Å². The summed E-state index contributed by atoms with van der Waals surface area (Å²) in [5, 5.41) is 13.0. The van der Waals surface area contributed by atoms with E-state index in [1.807, 2.05) is 0 Å². The Labute approximate surface area is 134 Å². The van der Waals surface area contributed by atoms with Gasteiger partial charge in [0, 0.05) is 24.7 Å². The molecule has 3 fully saturated rings. The van der Waals surface area contributed by atoms with E-state index < -0.39 is 5.97 Å². The van der Waals surface area contributed by atoms with Crippen molar-refractivity contribution in [2.75, 3.05) is 13.1 Å². The van der Waals surface area contributed by atoms with E-state index in [0.29, 0.717) is 23.5 Å². The van der Waals surface area contributed by atoms with E-state index in [9.17, 15) is 4.79 Å². The first-order chi connectivity index (χ1) is 10.4. The van der Waals surface area contributed by atoms with Crippen molar-refractivity contribution < 1.29 is 9.90 Å². The standard InChI is InChI=1S/C18H32N2O2/c1-18(2)7-3-4-14(10-18)19-15-8-16(9-15)20(12-17(21)22)11-13-5-6-13/h13-16,19H,3-12H2,1-2H3,(H,21,22). The Morgan fingerprint density at radius 2 is 1.95 bits per heavy atom. The molecule has 0 bridgehead atoms. The van der Waals surface area contributed by atoms with Gasteiger partial charge in [-0.3, -0.25) is 9.69 Å². The highest BCUT2D eigenvalue weighted by atomic mass is 16.4. The van der Waals surface area contributed by atoms with Crippen molar-refractivity contribution in [1.29, 1.82) is 0 Å². The summed E-state index contributed by atoms with van der Waals surface area (Å²) in [7, 11) is 0. The van der Waals surface area contributed by atoms with Crippen molar-refractivity contribution in [1.82, 2.24) is 10.2 Å². The topological polar surface area (TPSA) is 52.6 Å². The molecule has 22 heavy (non-hydrogen) atoms. The number of nitrogens with zero attached hydrogens (tertiary/aromatic N) is 1. The van der Waals surface area contributed by atoms with E-state index in [-0.39, 0.29) is 6.54 Å². The van der Waals surface area contributed by atoms with Crippen molar-refractivity contribution >= 4 is 5.97 Å². The molecule has 3 saturated carbocycles. The first kappa shape index (κ1) is 16.3. The molecule has 0 aliphatic heterocycles. The summed E-state index contributed by atoms with van der Waals surface area (Å²) in [4.78, 5) is 13.3. The fraction of sp³-hybridized carbons (Fsp3) is 0.944. The monoisotopic (exact) mass is 308 g/mol. The van der Waals surface area contributed by atoms with E-state index in [1.54, 1.807) is 0 Å². The molecule has 0 amide bonds. The Hall–Kier alpha value is -0.610. The summed E-state index contributed by atoms with van der Waals surface area (Å²) < 4.78 is 0. The third kappa shape index (κ3) is 4.45. The van der Waals surface area contributed by atoms with Crippen LogP contribution >= 0.6 is 0 Å². The average Bonchev–Trinajstić information content (AvgIpc) is 3.14. The number of rotatable bonds is 7. The summed E-state index contributed by atoms with van der Waals surface area (Å²) in [6.45, 7) is 5.99. The van der Waals surface area contributed by atoms with Crippen LogP contribution in [-0.2, 0) is 4.79 Å². The van der Waals surface area contributed by atoms with Gasteiger partial charge in [0.1, 0.15) is 0 Å². The lowest BCUT2D eigenvalue weighted by atomic mass is 9.74. The fourth-order valence-electron chi connectivity index (χ4n) is 4.34. The van der Waals surface area contributed by atoms with Gasteiger partial charge in [0.05, 0.1) is 6.54 Å². The van der Waals surface area contributed by atoms with Gasteiger partial charge in [-0.1, -0.05) is 20.3 Å². The van der Waals surface area contributed by atoms with Crippen molar-refractivity contribution in [3.05, 3.63) is 0 Å². The second kappa shape index (κ2) is 6.48. The van der Waals surface area contributed by atoms with Crippen molar-refractivity contribution in [2.24, 2.45) is 11.3 Å². The van der Waals surface area contributed by atoms with E-state index in [1.165, 1.54) is 38.5 Å². The minimum Gasteiger partial charge on any atom is -0.480 e. The van der Waals surface area contributed by atoms with Gasteiger partial charge < -0.3 is 10.4 Å². The van der Waals surface area contributed by atoms with Crippen LogP contribution in [0, 0.1) is 11.3 Å². The predicted molar refractivity (Wildman–Crippen MR) is 87.9 cm³/mol. The summed E-state index contributed by atoms with van der Waals surface area (Å²) in [6.07, 6.45) is 10.2. The van der Waals surface area contributed by atoms with Gasteiger partial charge in [-0.05, 0) is 56.3 Å². The Balaban J connectivity index is 1.42. The molecule has 1 atom stereocenters. The fourth-order valence-corrected chi connectivity index (χ4v) is 4.34. The molecule has 0 radical (unpaired) electrons. The van der Waals surface area contributed by atoms with Crippen LogP contribution in [0.25, 0.3) is 0 Å². The minimum absolute atomic E-state index is 0.227. The largest absolute Gasteiger partial charge is 0.480 e. The van der Waals surface area contributed by atoms with E-state index in [4.69, 9.17) is 5.11 Å². The second-order valence-corrected chi connectivity index (χ2v) is 8.71. The van der Waals surface area contributed by atoms with E-state index >= 15 is 0 Å². The maximum atomic E-state index is 11.1. The molecule has 4 heteroatoms. The number of carbonyl (C=O) groups is 1. The van der Waals surface area contributed by atoms with Crippen LogP contribution < -0.4 is 5.32 Å². The van der Waals surface area contributed by atoms with Gasteiger partial charge in [0.2, 0.25) is 0 Å². The lowest BCUT2D eigenvalue weighted by Gasteiger charge is -2.46. The minimum atomic E-state index is -0.675. The molecule has 0 aromatic rings. The molecule has 4 nitrogen and oxygen atoms in total. The maximum absolute atomic E-state index is 11.1. The number of aliphatic carboxylic acids is 1. The molecular weight excluding hydrogens is 276 g/mol. The highest BCUT2D eigenvalue weighted by Gasteiger charge is 2.38. The van der Waals surface area contributed by atoms with Crippen LogP contribution in [0.4, 0.5) is 0 Å². The Morgan fingerprint density at radius 1 is 1.23 bits per heavy atom. The third-order valence-corrected chi connectivity index (χ3v) is 5.83. The van der Waals surface area contributed by atoms with Crippen LogP contribution in [0.2, 0.25) is 0 Å². The highest BCUT2D eigenvalue weighted by molar-refractivity contribution is 5.69. The molecule has 1 unspecified atom stereocenters. The highest BCUT2D eigenvalue weighted by Crippen LogP contribution is 2.37. The Morgan fingerprint density at radius 3 is 2.55 bits per heavy atom. The number of hydrogen-bond acceptors (Lipinski definition) is 3. The third-order valence-electron chi connectivity index (χ3n) is 5.83. The summed E-state index contributed by atoms with van der Waals surface area (Å²) in [6, 6.07) is 1.77. The molecule has 2 N–H and O–H groups in total. The molecule has 0 heterocycles. The molecule has 0 saturated heterocycles. The molecule has 0 spiro atoms. The van der Waals surface area contributed by atoms with Crippen LogP contribution in [0.15, 0.2) is 0 Å². The Bertz CT molecular complexity index is 400. The van der Waals surface area contributed by atoms with Gasteiger partial charge in [-0.2, -0.15) is 0 Å². The molecule has 0 aromatic carbocycles.